The fraction of sp³-hybridized carbons (Fsp3) is 0.750. The van der Waals surface area contributed by atoms with Crippen molar-refractivity contribution >= 4 is 0 Å². The van der Waals surface area contributed by atoms with Gasteiger partial charge in [0.1, 0.15) is 13.2 Å². The highest BCUT2D eigenvalue weighted by Gasteiger charge is 2.07. The van der Waals surface area contributed by atoms with Crippen LogP contribution in [0.2, 0.25) is 0 Å². The molecule has 0 fully saturated rings. The number of ether oxygens (including phenoxy) is 2. The lowest BCUT2D eigenvalue weighted by molar-refractivity contribution is 0.0546. The van der Waals surface area contributed by atoms with E-state index in [1.54, 1.807) is 0 Å². The van der Waals surface area contributed by atoms with Crippen LogP contribution in [-0.2, 0) is 9.47 Å². The molecule has 3 heteroatoms. The van der Waals surface area contributed by atoms with E-state index >= 15 is 0 Å². The van der Waals surface area contributed by atoms with E-state index in [0.29, 0.717) is 13.2 Å². The van der Waals surface area contributed by atoms with Gasteiger partial charge < -0.3 is 14.8 Å². The van der Waals surface area contributed by atoms with Gasteiger partial charge in [-0.1, -0.05) is 13.8 Å². The number of allylic oxidation sites excluding steroid dienone is 1. The molecule has 1 aliphatic rings. The van der Waals surface area contributed by atoms with E-state index in [4.69, 9.17) is 9.47 Å². The van der Waals surface area contributed by atoms with Crippen molar-refractivity contribution in [3.05, 3.63) is 11.6 Å². The van der Waals surface area contributed by atoms with Crippen LogP contribution in [0.5, 0.6) is 0 Å². The summed E-state index contributed by atoms with van der Waals surface area (Å²) in [4.78, 5) is 0. The molecule has 66 valence electrons. The molecule has 0 saturated heterocycles. The van der Waals surface area contributed by atoms with E-state index in [-0.39, 0.29) is 0 Å². The molecule has 0 unspecified atom stereocenters. The van der Waals surface area contributed by atoms with Gasteiger partial charge in [-0.3, -0.25) is 0 Å². The number of hydrogen-bond donors (Lipinski definition) is 1. The van der Waals surface area contributed by atoms with Crippen LogP contribution in [0, 0.1) is 0 Å². The average Bonchev–Trinajstić information content (AvgIpc) is 2.09. The summed E-state index contributed by atoms with van der Waals surface area (Å²) in [7, 11) is 1.81. The van der Waals surface area contributed by atoms with Gasteiger partial charge in [0.2, 0.25) is 5.88 Å². The monoisotopic (exact) mass is 159 g/mol. The van der Waals surface area contributed by atoms with Crippen LogP contribution in [0.1, 0.15) is 20.8 Å². The smallest absolute Gasteiger partial charge is 0.225 e. The van der Waals surface area contributed by atoms with Crippen LogP contribution in [-0.4, -0.2) is 20.3 Å². The molecule has 0 aromatic rings. The fourth-order valence-electron chi connectivity index (χ4n) is 0.754. The normalized spacial score (nSPS) is 15.6. The molecule has 11 heavy (non-hydrogen) atoms. The van der Waals surface area contributed by atoms with Crippen LogP contribution in [0.4, 0.5) is 0 Å². The minimum absolute atomic E-state index is 0.646. The molecule has 0 amide bonds. The first-order valence-electron chi connectivity index (χ1n) is 3.99. The first-order chi connectivity index (χ1) is 5.34. The second-order valence-corrected chi connectivity index (χ2v) is 1.83. The summed E-state index contributed by atoms with van der Waals surface area (Å²) in [5.41, 5.74) is 0. The molecule has 0 radical (unpaired) electrons. The van der Waals surface area contributed by atoms with Gasteiger partial charge in [0.05, 0.1) is 0 Å². The van der Waals surface area contributed by atoms with E-state index in [2.05, 4.69) is 5.32 Å². The van der Waals surface area contributed by atoms with Crippen LogP contribution < -0.4 is 5.32 Å². The summed E-state index contributed by atoms with van der Waals surface area (Å²) in [5, 5.41) is 2.89. The van der Waals surface area contributed by atoms with Gasteiger partial charge in [-0.05, 0) is 6.92 Å². The van der Waals surface area contributed by atoms with Gasteiger partial charge in [-0.2, -0.15) is 0 Å². The summed E-state index contributed by atoms with van der Waals surface area (Å²) < 4.78 is 10.4. The average molecular weight is 159 g/mol. The number of nitrogens with one attached hydrogen (secondary N) is 1. The zero-order chi connectivity index (χ0) is 8.69. The molecule has 0 aromatic carbocycles. The van der Waals surface area contributed by atoms with Gasteiger partial charge in [0.15, 0.2) is 5.76 Å². The summed E-state index contributed by atoms with van der Waals surface area (Å²) in [6.07, 6.45) is 0. The molecule has 1 heterocycles. The van der Waals surface area contributed by atoms with Gasteiger partial charge >= 0.3 is 0 Å². The van der Waals surface area contributed by atoms with E-state index in [1.807, 2.05) is 27.8 Å². The molecule has 1 aliphatic heterocycles. The Labute approximate surface area is 68.4 Å². The minimum atomic E-state index is 0.646. The first-order valence-corrected chi connectivity index (χ1v) is 3.99. The Morgan fingerprint density at radius 1 is 1.18 bits per heavy atom. The van der Waals surface area contributed by atoms with Crippen molar-refractivity contribution in [3.63, 3.8) is 0 Å². The van der Waals surface area contributed by atoms with Gasteiger partial charge in [-0.15, -0.1) is 0 Å². The lowest BCUT2D eigenvalue weighted by Gasteiger charge is -2.18. The van der Waals surface area contributed by atoms with Crippen LogP contribution in [0.15, 0.2) is 11.6 Å². The van der Waals surface area contributed by atoms with Crippen molar-refractivity contribution < 1.29 is 9.47 Å². The molecule has 0 bridgehead atoms. The lowest BCUT2D eigenvalue weighted by atomic mass is 10.5. The zero-order valence-electron chi connectivity index (χ0n) is 7.73. The van der Waals surface area contributed by atoms with Gasteiger partial charge in [0.25, 0.3) is 0 Å². The van der Waals surface area contributed by atoms with Crippen molar-refractivity contribution in [2.24, 2.45) is 0 Å². The Morgan fingerprint density at radius 2 is 1.73 bits per heavy atom. The summed E-state index contributed by atoms with van der Waals surface area (Å²) in [5.74, 6) is 1.59. The molecule has 0 aromatic heterocycles. The van der Waals surface area contributed by atoms with Crippen molar-refractivity contribution in [1.29, 1.82) is 0 Å². The summed E-state index contributed by atoms with van der Waals surface area (Å²) in [6.45, 7) is 7.19. The summed E-state index contributed by atoms with van der Waals surface area (Å²) >= 11 is 0. The van der Waals surface area contributed by atoms with E-state index in [1.165, 1.54) is 0 Å². The van der Waals surface area contributed by atoms with Gasteiger partial charge in [0, 0.05) is 7.05 Å². The molecule has 0 atom stereocenters. The Balaban J connectivity index is 0.000000461. The van der Waals surface area contributed by atoms with Crippen molar-refractivity contribution in [1.82, 2.24) is 5.32 Å². The molecular formula is C8H17NO2. The first kappa shape index (κ1) is 10.1. The zero-order valence-corrected chi connectivity index (χ0v) is 7.73. The number of rotatable bonds is 1. The Kier molecular flexibility index (Phi) is 5.43. The highest BCUT2D eigenvalue weighted by molar-refractivity contribution is 4.97. The largest absolute Gasteiger partial charge is 0.489 e. The SMILES string of the molecule is CC.CNC1=C(C)OCCO1. The Hall–Kier alpha value is -0.860. The molecule has 0 spiro atoms. The predicted octanol–water partition coefficient (Wildman–Crippen LogP) is 1.47. The van der Waals surface area contributed by atoms with Gasteiger partial charge in [-0.25, -0.2) is 0 Å². The third-order valence-corrected chi connectivity index (χ3v) is 1.20. The minimum Gasteiger partial charge on any atom is -0.489 e. The fourth-order valence-corrected chi connectivity index (χ4v) is 0.754. The molecule has 1 rings (SSSR count). The van der Waals surface area contributed by atoms with E-state index in [0.717, 1.165) is 11.6 Å². The molecular weight excluding hydrogens is 142 g/mol. The Morgan fingerprint density at radius 3 is 2.09 bits per heavy atom. The van der Waals surface area contributed by atoms with Crippen molar-refractivity contribution in [2.75, 3.05) is 20.3 Å². The maximum atomic E-state index is 5.18. The maximum Gasteiger partial charge on any atom is 0.225 e. The summed E-state index contributed by atoms with van der Waals surface area (Å²) in [6, 6.07) is 0. The van der Waals surface area contributed by atoms with Crippen molar-refractivity contribution in [2.45, 2.75) is 20.8 Å². The molecule has 0 aliphatic carbocycles. The number of hydrogen-bond acceptors (Lipinski definition) is 3. The Bertz CT molecular complexity index is 132. The molecule has 1 N–H and O–H groups in total. The topological polar surface area (TPSA) is 30.5 Å². The van der Waals surface area contributed by atoms with E-state index in [9.17, 15) is 0 Å². The molecule has 3 nitrogen and oxygen atoms in total. The predicted molar refractivity (Wildman–Crippen MR) is 45.0 cm³/mol. The maximum absolute atomic E-state index is 5.18. The second-order valence-electron chi connectivity index (χ2n) is 1.83. The molecule has 0 saturated carbocycles. The van der Waals surface area contributed by atoms with Crippen LogP contribution >= 0.6 is 0 Å². The van der Waals surface area contributed by atoms with Crippen LogP contribution in [0.3, 0.4) is 0 Å². The lowest BCUT2D eigenvalue weighted by Crippen LogP contribution is -2.20. The van der Waals surface area contributed by atoms with Crippen LogP contribution in [0.25, 0.3) is 0 Å². The third-order valence-electron chi connectivity index (χ3n) is 1.20. The third kappa shape index (κ3) is 3.16. The highest BCUT2D eigenvalue weighted by atomic mass is 16.6. The second kappa shape index (κ2) is 5.89. The van der Waals surface area contributed by atoms with Crippen molar-refractivity contribution in [3.8, 4) is 0 Å². The van der Waals surface area contributed by atoms with E-state index < -0.39 is 0 Å². The quantitative estimate of drug-likeness (QED) is 0.628. The highest BCUT2D eigenvalue weighted by Crippen LogP contribution is 2.08. The standard InChI is InChI=1S/C6H11NO2.C2H6/c1-5-6(7-2)9-4-3-8-5;1-2/h7H,3-4H2,1-2H3;1-2H3.